The Bertz CT molecular complexity index is 438. The molecule has 0 aliphatic heterocycles. The number of hydrogen-bond donors (Lipinski definition) is 6. The highest BCUT2D eigenvalue weighted by Crippen LogP contribution is 2.01. The lowest BCUT2D eigenvalue weighted by Gasteiger charge is -2.22. The van der Waals surface area contributed by atoms with Crippen LogP contribution in [0, 0.1) is 5.92 Å². The lowest BCUT2D eigenvalue weighted by molar-refractivity contribution is -0.144. The molecule has 2 amide bonds. The van der Waals surface area contributed by atoms with Crippen molar-refractivity contribution in [3.63, 3.8) is 0 Å². The van der Waals surface area contributed by atoms with Gasteiger partial charge in [-0.25, -0.2) is 4.79 Å². The summed E-state index contributed by atoms with van der Waals surface area (Å²) in [5.41, 5.74) is 5.59. The van der Waals surface area contributed by atoms with Gasteiger partial charge in [-0.3, -0.25) is 14.4 Å². The molecule has 0 unspecified atom stereocenters. The minimum atomic E-state index is -1.60. The fraction of sp³-hybridized carbons (Fsp3) is 0.667. The molecule has 0 fully saturated rings. The molecule has 0 aromatic rings. The van der Waals surface area contributed by atoms with Crippen molar-refractivity contribution in [1.29, 1.82) is 0 Å². The molecule has 0 bridgehead atoms. The van der Waals surface area contributed by atoms with E-state index in [1.807, 2.05) is 5.32 Å². The predicted molar refractivity (Wildman–Crippen MR) is 73.6 cm³/mol. The maximum Gasteiger partial charge on any atom is 0.328 e. The smallest absolute Gasteiger partial charge is 0.328 e. The zero-order valence-electron chi connectivity index (χ0n) is 12.3. The molecular weight excluding hydrogens is 298 g/mol. The van der Waals surface area contributed by atoms with E-state index in [1.54, 1.807) is 13.8 Å². The molecule has 0 rings (SSSR count). The molecule has 10 nitrogen and oxygen atoms in total. The first kappa shape index (κ1) is 19.8. The Hall–Kier alpha value is -2.20. The zero-order chi connectivity index (χ0) is 17.4. The van der Waals surface area contributed by atoms with Gasteiger partial charge >= 0.3 is 11.9 Å². The number of carboxylic acid groups (broad SMARTS) is 2. The molecule has 3 atom stereocenters. The Kier molecular flexibility index (Phi) is 8.05. The van der Waals surface area contributed by atoms with Gasteiger partial charge in [0, 0.05) is 0 Å². The average Bonchev–Trinajstić information content (AvgIpc) is 2.41. The van der Waals surface area contributed by atoms with Crippen LogP contribution in [0.15, 0.2) is 0 Å². The number of nitrogens with one attached hydrogen (secondary N) is 2. The Morgan fingerprint density at radius 3 is 1.86 bits per heavy atom. The molecule has 0 radical (unpaired) electrons. The SMILES string of the molecule is CC(C)[C@H](N)C(=O)N[C@@H](CC(=O)O)C(=O)N[C@@H](CO)C(=O)O. The van der Waals surface area contributed by atoms with Crippen molar-refractivity contribution in [2.75, 3.05) is 6.61 Å². The summed E-state index contributed by atoms with van der Waals surface area (Å²) in [6.07, 6.45) is -0.750. The highest BCUT2D eigenvalue weighted by molar-refractivity contribution is 5.93. The minimum Gasteiger partial charge on any atom is -0.481 e. The van der Waals surface area contributed by atoms with Crippen LogP contribution >= 0.6 is 0 Å². The van der Waals surface area contributed by atoms with Crippen LogP contribution in [0.2, 0.25) is 0 Å². The van der Waals surface area contributed by atoms with Crippen LogP contribution in [0.1, 0.15) is 20.3 Å². The van der Waals surface area contributed by atoms with Crippen LogP contribution in [-0.2, 0) is 19.2 Å². The quantitative estimate of drug-likeness (QED) is 0.269. The second kappa shape index (κ2) is 8.95. The number of amides is 2. The lowest BCUT2D eigenvalue weighted by Crippen LogP contribution is -2.56. The van der Waals surface area contributed by atoms with Gasteiger partial charge in [-0.15, -0.1) is 0 Å². The number of carbonyl (C=O) groups is 4. The summed E-state index contributed by atoms with van der Waals surface area (Å²) < 4.78 is 0. The molecule has 7 N–H and O–H groups in total. The first-order valence-electron chi connectivity index (χ1n) is 6.51. The van der Waals surface area contributed by atoms with Crippen LogP contribution in [0.25, 0.3) is 0 Å². The van der Waals surface area contributed by atoms with Gasteiger partial charge in [0.15, 0.2) is 0 Å². The highest BCUT2D eigenvalue weighted by Gasteiger charge is 2.29. The Morgan fingerprint density at radius 1 is 1.00 bits per heavy atom. The number of nitrogens with two attached hydrogens (primary N) is 1. The van der Waals surface area contributed by atoms with Gasteiger partial charge in [0.25, 0.3) is 0 Å². The predicted octanol–water partition coefficient (Wildman–Crippen LogP) is -2.51. The molecule has 22 heavy (non-hydrogen) atoms. The largest absolute Gasteiger partial charge is 0.481 e. The zero-order valence-corrected chi connectivity index (χ0v) is 12.3. The van der Waals surface area contributed by atoms with E-state index in [2.05, 4.69) is 5.32 Å². The summed E-state index contributed by atoms with van der Waals surface area (Å²) >= 11 is 0. The van der Waals surface area contributed by atoms with E-state index in [-0.39, 0.29) is 5.92 Å². The highest BCUT2D eigenvalue weighted by atomic mass is 16.4. The van der Waals surface area contributed by atoms with E-state index >= 15 is 0 Å². The van der Waals surface area contributed by atoms with Crippen molar-refractivity contribution < 1.29 is 34.5 Å². The number of aliphatic hydroxyl groups is 1. The van der Waals surface area contributed by atoms with Crippen molar-refractivity contribution >= 4 is 23.8 Å². The molecule has 0 spiro atoms. The average molecular weight is 319 g/mol. The van der Waals surface area contributed by atoms with E-state index in [4.69, 9.17) is 21.1 Å². The first-order chi connectivity index (χ1) is 10.1. The standard InChI is InChI=1S/C12H21N3O7/c1-5(2)9(13)11(20)14-6(3-8(17)18)10(19)15-7(4-16)12(21)22/h5-7,9,16H,3-4,13H2,1-2H3,(H,14,20)(H,15,19)(H,17,18)(H,21,22)/t6-,7-,9-/m0/s1. The number of rotatable bonds is 9. The Labute approximate surface area is 126 Å². The summed E-state index contributed by atoms with van der Waals surface area (Å²) in [5.74, 6) is -4.86. The molecule has 0 aliphatic carbocycles. The fourth-order valence-corrected chi connectivity index (χ4v) is 1.41. The van der Waals surface area contributed by atoms with E-state index in [0.717, 1.165) is 0 Å². The van der Waals surface area contributed by atoms with Crippen molar-refractivity contribution in [3.05, 3.63) is 0 Å². The second-order valence-corrected chi connectivity index (χ2v) is 5.01. The summed E-state index contributed by atoms with van der Waals surface area (Å²) in [6, 6.07) is -4.04. The topological polar surface area (TPSA) is 179 Å². The maximum atomic E-state index is 11.9. The molecule has 0 aromatic carbocycles. The molecule has 0 aliphatic rings. The number of carbonyl (C=O) groups excluding carboxylic acids is 2. The third-order valence-electron chi connectivity index (χ3n) is 2.83. The summed E-state index contributed by atoms with van der Waals surface area (Å²) in [7, 11) is 0. The number of aliphatic hydroxyl groups excluding tert-OH is 1. The third-order valence-corrected chi connectivity index (χ3v) is 2.83. The first-order valence-corrected chi connectivity index (χ1v) is 6.51. The van der Waals surface area contributed by atoms with Gasteiger partial charge in [-0.2, -0.15) is 0 Å². The number of hydrogen-bond acceptors (Lipinski definition) is 6. The Balaban J connectivity index is 4.97. The van der Waals surface area contributed by atoms with Crippen molar-refractivity contribution in [2.24, 2.45) is 11.7 Å². The third kappa shape index (κ3) is 6.50. The van der Waals surface area contributed by atoms with Crippen LogP contribution < -0.4 is 16.4 Å². The van der Waals surface area contributed by atoms with Gasteiger partial charge in [0.2, 0.25) is 11.8 Å². The molecule has 0 saturated heterocycles. The van der Waals surface area contributed by atoms with E-state index < -0.39 is 54.9 Å². The summed E-state index contributed by atoms with van der Waals surface area (Å²) in [5, 5.41) is 30.4. The summed E-state index contributed by atoms with van der Waals surface area (Å²) in [6.45, 7) is 2.46. The fourth-order valence-electron chi connectivity index (χ4n) is 1.41. The molecule has 10 heteroatoms. The van der Waals surface area contributed by atoms with Crippen LogP contribution in [-0.4, -0.2) is 63.8 Å². The normalized spacial score (nSPS) is 14.8. The molecular formula is C12H21N3O7. The minimum absolute atomic E-state index is 0.238. The van der Waals surface area contributed by atoms with Crippen LogP contribution in [0.3, 0.4) is 0 Å². The maximum absolute atomic E-state index is 11.9. The van der Waals surface area contributed by atoms with Crippen molar-refractivity contribution in [2.45, 2.75) is 38.4 Å². The Morgan fingerprint density at radius 2 is 1.50 bits per heavy atom. The molecule has 0 saturated carbocycles. The van der Waals surface area contributed by atoms with Gasteiger partial charge in [0.05, 0.1) is 19.1 Å². The van der Waals surface area contributed by atoms with Crippen LogP contribution in [0.4, 0.5) is 0 Å². The van der Waals surface area contributed by atoms with Gasteiger partial charge in [-0.1, -0.05) is 13.8 Å². The molecule has 0 aromatic heterocycles. The van der Waals surface area contributed by atoms with Gasteiger partial charge < -0.3 is 31.7 Å². The van der Waals surface area contributed by atoms with Crippen molar-refractivity contribution in [1.82, 2.24) is 10.6 Å². The summed E-state index contributed by atoms with van der Waals surface area (Å²) in [4.78, 5) is 45.2. The molecule has 126 valence electrons. The monoisotopic (exact) mass is 319 g/mol. The molecule has 0 heterocycles. The number of carboxylic acids is 2. The van der Waals surface area contributed by atoms with Gasteiger partial charge in [-0.05, 0) is 5.92 Å². The van der Waals surface area contributed by atoms with E-state index in [9.17, 15) is 19.2 Å². The van der Waals surface area contributed by atoms with Crippen molar-refractivity contribution in [3.8, 4) is 0 Å². The second-order valence-electron chi connectivity index (χ2n) is 5.01. The van der Waals surface area contributed by atoms with Gasteiger partial charge in [0.1, 0.15) is 12.1 Å². The lowest BCUT2D eigenvalue weighted by atomic mass is 10.0. The van der Waals surface area contributed by atoms with E-state index in [1.165, 1.54) is 0 Å². The van der Waals surface area contributed by atoms with Crippen LogP contribution in [0.5, 0.6) is 0 Å². The van der Waals surface area contributed by atoms with E-state index in [0.29, 0.717) is 0 Å². The number of aliphatic carboxylic acids is 2.